The summed E-state index contributed by atoms with van der Waals surface area (Å²) in [6.45, 7) is 4.31. The minimum absolute atomic E-state index is 0.249. The highest BCUT2D eigenvalue weighted by Gasteiger charge is 2.10. The number of aromatic nitrogens is 1. The van der Waals surface area contributed by atoms with Gasteiger partial charge in [0.05, 0.1) is 17.4 Å². The second kappa shape index (κ2) is 7.06. The third-order valence-corrected chi connectivity index (χ3v) is 4.95. The molecule has 0 unspecified atom stereocenters. The Bertz CT molecular complexity index is 1050. The Balaban J connectivity index is 1.87. The number of hydrogen-bond donors (Lipinski definition) is 0. The van der Waals surface area contributed by atoms with Crippen molar-refractivity contribution in [3.8, 4) is 5.75 Å². The lowest BCUT2D eigenvalue weighted by molar-refractivity contribution is 0.287. The standard InChI is InChI=1S/C18H15BrClNO4/c1-10-7-13(8-11(2)16(10)20)24-6-5-21-15-4-3-12(19)9-14(15)17(22)25-18(21)23/h3-4,7-9H,5-6H2,1-2H3. The molecule has 1 aromatic heterocycles. The van der Waals surface area contributed by atoms with Gasteiger partial charge in [-0.1, -0.05) is 27.5 Å². The Hall–Kier alpha value is -2.05. The summed E-state index contributed by atoms with van der Waals surface area (Å²) in [6, 6.07) is 8.79. The van der Waals surface area contributed by atoms with Crippen LogP contribution in [0.25, 0.3) is 10.9 Å². The Kier molecular flexibility index (Phi) is 5.01. The normalized spacial score (nSPS) is 11.0. The molecule has 0 amide bonds. The van der Waals surface area contributed by atoms with Gasteiger partial charge in [0.25, 0.3) is 0 Å². The fraction of sp³-hybridized carbons (Fsp3) is 0.222. The molecule has 0 saturated heterocycles. The first-order chi connectivity index (χ1) is 11.9. The van der Waals surface area contributed by atoms with Crippen LogP contribution >= 0.6 is 27.5 Å². The van der Waals surface area contributed by atoms with Gasteiger partial charge in [-0.05, 0) is 55.3 Å². The lowest BCUT2D eigenvalue weighted by Crippen LogP contribution is -2.27. The Morgan fingerprint density at radius 2 is 1.84 bits per heavy atom. The van der Waals surface area contributed by atoms with Crippen molar-refractivity contribution >= 4 is 38.4 Å². The molecule has 130 valence electrons. The molecule has 2 aromatic carbocycles. The van der Waals surface area contributed by atoms with Crippen molar-refractivity contribution in [3.05, 3.63) is 71.9 Å². The van der Waals surface area contributed by atoms with E-state index in [4.69, 9.17) is 20.8 Å². The van der Waals surface area contributed by atoms with E-state index in [-0.39, 0.29) is 13.2 Å². The molecule has 7 heteroatoms. The predicted octanol–water partition coefficient (Wildman–Crippen LogP) is 4.07. The molecule has 0 aliphatic heterocycles. The van der Waals surface area contributed by atoms with E-state index in [1.165, 1.54) is 4.57 Å². The molecule has 0 radical (unpaired) electrons. The average Bonchev–Trinajstić information content (AvgIpc) is 2.55. The number of hydrogen-bond acceptors (Lipinski definition) is 4. The van der Waals surface area contributed by atoms with Crippen molar-refractivity contribution in [2.45, 2.75) is 20.4 Å². The largest absolute Gasteiger partial charge is 0.492 e. The summed E-state index contributed by atoms with van der Waals surface area (Å²) in [7, 11) is 0. The smallest absolute Gasteiger partial charge is 0.422 e. The van der Waals surface area contributed by atoms with Crippen molar-refractivity contribution < 1.29 is 9.15 Å². The quantitative estimate of drug-likeness (QED) is 0.633. The van der Waals surface area contributed by atoms with E-state index in [1.807, 2.05) is 26.0 Å². The van der Waals surface area contributed by atoms with Gasteiger partial charge in [-0.3, -0.25) is 4.57 Å². The summed E-state index contributed by atoms with van der Waals surface area (Å²) in [5.74, 6) is -0.0243. The van der Waals surface area contributed by atoms with Crippen LogP contribution in [0.15, 0.2) is 48.8 Å². The van der Waals surface area contributed by atoms with E-state index >= 15 is 0 Å². The monoisotopic (exact) mass is 423 g/mol. The predicted molar refractivity (Wildman–Crippen MR) is 101 cm³/mol. The number of benzene rings is 2. The van der Waals surface area contributed by atoms with Crippen LogP contribution in [0, 0.1) is 13.8 Å². The molecular weight excluding hydrogens is 410 g/mol. The molecule has 25 heavy (non-hydrogen) atoms. The highest BCUT2D eigenvalue weighted by Crippen LogP contribution is 2.25. The van der Waals surface area contributed by atoms with Gasteiger partial charge in [-0.2, -0.15) is 0 Å². The molecule has 0 spiro atoms. The van der Waals surface area contributed by atoms with Crippen LogP contribution in [0.5, 0.6) is 5.75 Å². The molecule has 1 heterocycles. The fourth-order valence-electron chi connectivity index (χ4n) is 2.65. The number of halogens is 2. The van der Waals surface area contributed by atoms with Gasteiger partial charge in [0, 0.05) is 9.50 Å². The van der Waals surface area contributed by atoms with Crippen molar-refractivity contribution in [1.82, 2.24) is 4.57 Å². The van der Waals surface area contributed by atoms with E-state index in [0.717, 1.165) is 15.6 Å². The lowest BCUT2D eigenvalue weighted by atomic mass is 10.1. The Morgan fingerprint density at radius 3 is 2.52 bits per heavy atom. The maximum absolute atomic E-state index is 12.0. The van der Waals surface area contributed by atoms with Gasteiger partial charge in [0.15, 0.2) is 0 Å². The molecule has 0 bridgehead atoms. The zero-order valence-electron chi connectivity index (χ0n) is 13.6. The van der Waals surface area contributed by atoms with Gasteiger partial charge >= 0.3 is 11.4 Å². The molecule has 0 atom stereocenters. The summed E-state index contributed by atoms with van der Waals surface area (Å²) in [5, 5.41) is 1.05. The molecular formula is C18H15BrClNO4. The molecule has 0 N–H and O–H groups in total. The third kappa shape index (κ3) is 3.65. The van der Waals surface area contributed by atoms with Crippen molar-refractivity contribution in [2.24, 2.45) is 0 Å². The van der Waals surface area contributed by atoms with Crippen molar-refractivity contribution in [1.29, 1.82) is 0 Å². The van der Waals surface area contributed by atoms with E-state index in [9.17, 15) is 9.59 Å². The summed E-state index contributed by atoms with van der Waals surface area (Å²) in [5.41, 5.74) is 1.71. The van der Waals surface area contributed by atoms with Crippen LogP contribution in [0.4, 0.5) is 0 Å². The summed E-state index contributed by atoms with van der Waals surface area (Å²) in [4.78, 5) is 23.9. The van der Waals surface area contributed by atoms with Gasteiger partial charge in [-0.25, -0.2) is 9.59 Å². The minimum Gasteiger partial charge on any atom is -0.492 e. The first-order valence-electron chi connectivity index (χ1n) is 7.59. The molecule has 0 saturated carbocycles. The van der Waals surface area contributed by atoms with Crippen LogP contribution in [0.3, 0.4) is 0 Å². The molecule has 0 aliphatic rings. The van der Waals surface area contributed by atoms with Gasteiger partial charge < -0.3 is 9.15 Å². The van der Waals surface area contributed by atoms with Crippen LogP contribution in [-0.2, 0) is 6.54 Å². The van der Waals surface area contributed by atoms with Crippen LogP contribution < -0.4 is 16.1 Å². The number of nitrogens with zero attached hydrogens (tertiary/aromatic N) is 1. The Morgan fingerprint density at radius 1 is 1.16 bits per heavy atom. The van der Waals surface area contributed by atoms with Crippen LogP contribution in [0.2, 0.25) is 5.02 Å². The summed E-state index contributed by atoms with van der Waals surface area (Å²) in [6.07, 6.45) is 0. The van der Waals surface area contributed by atoms with Crippen molar-refractivity contribution in [2.75, 3.05) is 6.61 Å². The van der Waals surface area contributed by atoms with Crippen LogP contribution in [0.1, 0.15) is 11.1 Å². The zero-order valence-corrected chi connectivity index (χ0v) is 16.0. The van der Waals surface area contributed by atoms with E-state index in [2.05, 4.69) is 15.9 Å². The fourth-order valence-corrected chi connectivity index (χ4v) is 3.12. The number of fused-ring (bicyclic) bond motifs is 1. The highest BCUT2D eigenvalue weighted by molar-refractivity contribution is 9.10. The van der Waals surface area contributed by atoms with E-state index in [1.54, 1.807) is 18.2 Å². The van der Waals surface area contributed by atoms with Gasteiger partial charge in [-0.15, -0.1) is 0 Å². The minimum atomic E-state index is -0.702. The summed E-state index contributed by atoms with van der Waals surface area (Å²) >= 11 is 9.46. The van der Waals surface area contributed by atoms with Crippen molar-refractivity contribution in [3.63, 3.8) is 0 Å². The SMILES string of the molecule is Cc1cc(OCCn2c(=O)oc(=O)c3cc(Br)ccc32)cc(C)c1Cl. The van der Waals surface area contributed by atoms with Gasteiger partial charge in [0.1, 0.15) is 12.4 Å². The van der Waals surface area contributed by atoms with E-state index < -0.39 is 11.4 Å². The summed E-state index contributed by atoms with van der Waals surface area (Å²) < 4.78 is 12.7. The second-order valence-corrected chi connectivity index (χ2v) is 6.98. The molecule has 0 aliphatic carbocycles. The highest BCUT2D eigenvalue weighted by atomic mass is 79.9. The lowest BCUT2D eigenvalue weighted by Gasteiger charge is -2.12. The molecule has 3 aromatic rings. The number of rotatable bonds is 4. The maximum Gasteiger partial charge on any atom is 0.422 e. The number of aryl methyl sites for hydroxylation is 2. The second-order valence-electron chi connectivity index (χ2n) is 5.69. The average molecular weight is 425 g/mol. The molecule has 5 nitrogen and oxygen atoms in total. The molecule has 0 fully saturated rings. The van der Waals surface area contributed by atoms with E-state index in [0.29, 0.717) is 21.7 Å². The zero-order chi connectivity index (χ0) is 18.1. The Labute approximate surface area is 156 Å². The third-order valence-electron chi connectivity index (χ3n) is 3.86. The maximum atomic E-state index is 12.0. The van der Waals surface area contributed by atoms with Gasteiger partial charge in [0.2, 0.25) is 0 Å². The first-order valence-corrected chi connectivity index (χ1v) is 8.76. The molecule has 3 rings (SSSR count). The van der Waals surface area contributed by atoms with Crippen LogP contribution in [-0.4, -0.2) is 11.2 Å². The first kappa shape index (κ1) is 17.8. The topological polar surface area (TPSA) is 61.4 Å². The number of ether oxygens (including phenoxy) is 1.